The Balaban J connectivity index is 2.16. The smallest absolute Gasteiger partial charge is 0.0497 e. The van der Waals surface area contributed by atoms with Crippen molar-refractivity contribution in [2.45, 2.75) is 33.1 Å². The van der Waals surface area contributed by atoms with Crippen LogP contribution < -0.4 is 5.73 Å². The van der Waals surface area contributed by atoms with Crippen LogP contribution in [0.4, 0.5) is 0 Å². The summed E-state index contributed by atoms with van der Waals surface area (Å²) < 4.78 is 1.11. The zero-order chi connectivity index (χ0) is 16.4. The Morgan fingerprint density at radius 3 is 2.43 bits per heavy atom. The molecule has 0 aliphatic carbocycles. The molecule has 3 rings (SSSR count). The van der Waals surface area contributed by atoms with Gasteiger partial charge in [0, 0.05) is 21.1 Å². The predicted molar refractivity (Wildman–Crippen MR) is 103 cm³/mol. The van der Waals surface area contributed by atoms with Gasteiger partial charge in [-0.2, -0.15) is 0 Å². The topological polar surface area (TPSA) is 41.8 Å². The predicted octanol–water partition coefficient (Wildman–Crippen LogP) is 5.50. The zero-order valence-corrected chi connectivity index (χ0v) is 15.3. The second-order valence-electron chi connectivity index (χ2n) is 6.16. The van der Waals surface area contributed by atoms with E-state index in [1.165, 1.54) is 38.9 Å². The summed E-state index contributed by atoms with van der Waals surface area (Å²) in [6.07, 6.45) is 3.25. The highest BCUT2D eigenvalue weighted by atomic mass is 79.9. The first-order valence-electron chi connectivity index (χ1n) is 8.18. The molecule has 0 fully saturated rings. The summed E-state index contributed by atoms with van der Waals surface area (Å²) in [6.45, 7) is 5.13. The number of rotatable bonds is 5. The van der Waals surface area contributed by atoms with Gasteiger partial charge in [-0.1, -0.05) is 40.2 Å². The van der Waals surface area contributed by atoms with E-state index >= 15 is 0 Å². The summed E-state index contributed by atoms with van der Waals surface area (Å²) in [7, 11) is 0. The van der Waals surface area contributed by atoms with Crippen LogP contribution in [-0.4, -0.2) is 11.5 Å². The van der Waals surface area contributed by atoms with Crippen LogP contribution in [0.5, 0.6) is 0 Å². The fourth-order valence-electron chi connectivity index (χ4n) is 3.13. The quantitative estimate of drug-likeness (QED) is 0.572. The van der Waals surface area contributed by atoms with E-state index in [1.807, 2.05) is 0 Å². The Hall–Kier alpha value is -1.58. The van der Waals surface area contributed by atoms with E-state index in [4.69, 9.17) is 5.73 Å². The van der Waals surface area contributed by atoms with Crippen LogP contribution in [0.2, 0.25) is 0 Å². The average Bonchev–Trinajstić information content (AvgIpc) is 2.91. The van der Waals surface area contributed by atoms with Crippen LogP contribution in [0, 0.1) is 13.8 Å². The van der Waals surface area contributed by atoms with Crippen LogP contribution >= 0.6 is 15.9 Å². The summed E-state index contributed by atoms with van der Waals surface area (Å²) in [5.41, 5.74) is 13.5. The van der Waals surface area contributed by atoms with Crippen molar-refractivity contribution < 1.29 is 0 Å². The number of hydrogen-bond acceptors (Lipinski definition) is 1. The minimum Gasteiger partial charge on any atom is -0.354 e. The SMILES string of the molecule is Cc1ccc2c(CCCCN)c(-c3ccc(Br)cc3)[nH]c2c1C. The van der Waals surface area contributed by atoms with E-state index in [0.717, 1.165) is 30.3 Å². The fraction of sp³-hybridized carbons (Fsp3) is 0.300. The first-order valence-corrected chi connectivity index (χ1v) is 8.98. The number of nitrogens with two attached hydrogens (primary N) is 1. The van der Waals surface area contributed by atoms with E-state index < -0.39 is 0 Å². The molecule has 0 spiro atoms. The van der Waals surface area contributed by atoms with Gasteiger partial charge in [-0.05, 0) is 74.0 Å². The summed E-state index contributed by atoms with van der Waals surface area (Å²) in [4.78, 5) is 3.69. The normalized spacial score (nSPS) is 11.3. The number of halogens is 1. The summed E-state index contributed by atoms with van der Waals surface area (Å²) in [5, 5.41) is 1.35. The van der Waals surface area contributed by atoms with Gasteiger partial charge in [-0.3, -0.25) is 0 Å². The second-order valence-corrected chi connectivity index (χ2v) is 7.08. The number of aromatic amines is 1. The van der Waals surface area contributed by atoms with Crippen molar-refractivity contribution in [1.82, 2.24) is 4.98 Å². The van der Waals surface area contributed by atoms with E-state index in [0.29, 0.717) is 0 Å². The van der Waals surface area contributed by atoms with E-state index in [1.54, 1.807) is 0 Å². The van der Waals surface area contributed by atoms with Crippen molar-refractivity contribution in [3.8, 4) is 11.3 Å². The molecule has 0 amide bonds. The minimum absolute atomic E-state index is 0.758. The highest BCUT2D eigenvalue weighted by molar-refractivity contribution is 9.10. The maximum Gasteiger partial charge on any atom is 0.0497 e. The number of fused-ring (bicyclic) bond motifs is 1. The highest BCUT2D eigenvalue weighted by Crippen LogP contribution is 2.34. The molecular formula is C20H23BrN2. The lowest BCUT2D eigenvalue weighted by Crippen LogP contribution is -1.99. The number of aryl methyl sites for hydroxylation is 3. The Labute approximate surface area is 146 Å². The van der Waals surface area contributed by atoms with Gasteiger partial charge < -0.3 is 10.7 Å². The number of aromatic nitrogens is 1. The van der Waals surface area contributed by atoms with Crippen molar-refractivity contribution in [3.05, 3.63) is 57.6 Å². The molecule has 0 aliphatic heterocycles. The molecule has 0 atom stereocenters. The Morgan fingerprint density at radius 2 is 1.74 bits per heavy atom. The summed E-state index contributed by atoms with van der Waals surface area (Å²) in [6, 6.07) is 13.0. The Bertz CT molecular complexity index is 816. The van der Waals surface area contributed by atoms with Crippen molar-refractivity contribution in [2.24, 2.45) is 5.73 Å². The maximum atomic E-state index is 5.68. The van der Waals surface area contributed by atoms with Crippen molar-refractivity contribution in [2.75, 3.05) is 6.54 Å². The highest BCUT2D eigenvalue weighted by Gasteiger charge is 2.15. The number of nitrogens with one attached hydrogen (secondary N) is 1. The third-order valence-electron chi connectivity index (χ3n) is 4.63. The van der Waals surface area contributed by atoms with Crippen LogP contribution in [0.25, 0.3) is 22.2 Å². The molecule has 1 heterocycles. The minimum atomic E-state index is 0.758. The number of benzene rings is 2. The first kappa shape index (κ1) is 16.3. The van der Waals surface area contributed by atoms with Gasteiger partial charge in [-0.25, -0.2) is 0 Å². The third-order valence-corrected chi connectivity index (χ3v) is 5.16. The monoisotopic (exact) mass is 370 g/mol. The molecule has 0 radical (unpaired) electrons. The molecule has 0 bridgehead atoms. The molecular weight excluding hydrogens is 348 g/mol. The molecule has 0 saturated carbocycles. The molecule has 2 nitrogen and oxygen atoms in total. The first-order chi connectivity index (χ1) is 11.1. The molecule has 0 aliphatic rings. The largest absolute Gasteiger partial charge is 0.354 e. The molecule has 1 aromatic heterocycles. The molecule has 3 N–H and O–H groups in total. The Morgan fingerprint density at radius 1 is 1.00 bits per heavy atom. The van der Waals surface area contributed by atoms with Gasteiger partial charge in [0.25, 0.3) is 0 Å². The van der Waals surface area contributed by atoms with Crippen molar-refractivity contribution >= 4 is 26.8 Å². The molecule has 120 valence electrons. The number of hydrogen-bond donors (Lipinski definition) is 2. The average molecular weight is 371 g/mol. The van der Waals surface area contributed by atoms with Gasteiger partial charge in [0.2, 0.25) is 0 Å². The molecule has 3 heteroatoms. The van der Waals surface area contributed by atoms with Gasteiger partial charge in [0.05, 0.1) is 0 Å². The van der Waals surface area contributed by atoms with Gasteiger partial charge in [-0.15, -0.1) is 0 Å². The standard InChI is InChI=1S/C20H23BrN2/c1-13-6-11-18-17(5-3-4-12-22)20(23-19(18)14(13)2)15-7-9-16(21)10-8-15/h6-11,23H,3-5,12,22H2,1-2H3. The van der Waals surface area contributed by atoms with Crippen LogP contribution in [-0.2, 0) is 6.42 Å². The lowest BCUT2D eigenvalue weighted by Gasteiger charge is -2.06. The van der Waals surface area contributed by atoms with Crippen LogP contribution in [0.1, 0.15) is 29.5 Å². The maximum absolute atomic E-state index is 5.68. The van der Waals surface area contributed by atoms with Gasteiger partial charge >= 0.3 is 0 Å². The number of unbranched alkanes of at least 4 members (excludes halogenated alkanes) is 1. The van der Waals surface area contributed by atoms with Crippen LogP contribution in [0.3, 0.4) is 0 Å². The molecule has 0 saturated heterocycles. The third kappa shape index (κ3) is 3.22. The van der Waals surface area contributed by atoms with E-state index in [9.17, 15) is 0 Å². The fourth-order valence-corrected chi connectivity index (χ4v) is 3.40. The van der Waals surface area contributed by atoms with Gasteiger partial charge in [0.1, 0.15) is 0 Å². The summed E-state index contributed by atoms with van der Waals surface area (Å²) >= 11 is 3.52. The zero-order valence-electron chi connectivity index (χ0n) is 13.7. The second kappa shape index (κ2) is 6.90. The lowest BCUT2D eigenvalue weighted by molar-refractivity contribution is 0.748. The number of H-pyrrole nitrogens is 1. The summed E-state index contributed by atoms with van der Waals surface area (Å²) in [5.74, 6) is 0. The van der Waals surface area contributed by atoms with Crippen molar-refractivity contribution in [1.29, 1.82) is 0 Å². The van der Waals surface area contributed by atoms with E-state index in [-0.39, 0.29) is 0 Å². The van der Waals surface area contributed by atoms with Crippen LogP contribution in [0.15, 0.2) is 40.9 Å². The lowest BCUT2D eigenvalue weighted by atomic mass is 9.98. The Kier molecular flexibility index (Phi) is 4.88. The van der Waals surface area contributed by atoms with Crippen molar-refractivity contribution in [3.63, 3.8) is 0 Å². The molecule has 0 unspecified atom stereocenters. The molecule has 2 aromatic carbocycles. The molecule has 3 aromatic rings. The molecule has 23 heavy (non-hydrogen) atoms. The van der Waals surface area contributed by atoms with Gasteiger partial charge in [0.15, 0.2) is 0 Å². The van der Waals surface area contributed by atoms with E-state index in [2.05, 4.69) is 71.2 Å².